The van der Waals surface area contributed by atoms with Crippen LogP contribution in [0, 0.1) is 0 Å². The van der Waals surface area contributed by atoms with Crippen molar-refractivity contribution in [3.63, 3.8) is 0 Å². The van der Waals surface area contributed by atoms with Gasteiger partial charge in [0, 0.05) is 49.0 Å². The van der Waals surface area contributed by atoms with Crippen molar-refractivity contribution in [1.82, 2.24) is 0 Å². The Hall–Kier alpha value is 5.61. The van der Waals surface area contributed by atoms with Crippen molar-refractivity contribution in [2.45, 2.75) is 0 Å². The molecule has 42 valence electrons. The van der Waals surface area contributed by atoms with Crippen LogP contribution in [-0.4, -0.2) is 126 Å². The standard InChI is InChI=1S/B.Ca.GeH4.Mo.H3P.HSe.Sr.Zn.4H/h;;1H4;;1H3;1H;;;;;;/q;+2;;;;;+2;;4*-1. The Kier molecular flexibility index (Phi) is 464. The summed E-state index contributed by atoms with van der Waals surface area (Å²) in [5.74, 6) is 0. The Morgan fingerprint density at radius 1 is 1.12 bits per heavy atom. The normalized spacial score (nSPS) is 0. The molecule has 0 rings (SSSR count). The van der Waals surface area contributed by atoms with E-state index in [4.69, 9.17) is 0 Å². The number of rotatable bonds is 0. The first-order chi connectivity index (χ1) is 0. The first kappa shape index (κ1) is 68.8. The molecule has 0 aromatic carbocycles. The van der Waals surface area contributed by atoms with Gasteiger partial charge in [-0.25, -0.2) is 0 Å². The third-order valence-corrected chi connectivity index (χ3v) is 0. The predicted molar refractivity (Wildman–Crippen MR) is 51.3 cm³/mol. The van der Waals surface area contributed by atoms with Gasteiger partial charge < -0.3 is 5.71 Å². The molecule has 0 fully saturated rings. The van der Waals surface area contributed by atoms with Crippen LogP contribution < -0.4 is 0 Å². The van der Waals surface area contributed by atoms with Crippen LogP contribution in [0.5, 0.6) is 0 Å². The average Bonchev–Trinajstić information content (AvgIpc) is 0. The zero-order valence-electron chi connectivity index (χ0n) is 8.26. The molecule has 0 aliphatic heterocycles. The predicted octanol–water partition coefficient (Wildman–Crippen LogP) is -2.74. The Labute approximate surface area is 178 Å². The van der Waals surface area contributed by atoms with Crippen molar-refractivity contribution in [1.29, 1.82) is 0 Å². The van der Waals surface area contributed by atoms with Crippen molar-refractivity contribution in [3.8, 4) is 0 Å². The van der Waals surface area contributed by atoms with E-state index in [2.05, 4.69) is 0 Å². The fraction of sp³-hybridized carbons (Fsp3) is 0. The monoisotopic (exact) mass is 498 g/mol. The number of hydrogen-bond donors (Lipinski definition) is 0. The van der Waals surface area contributed by atoms with Gasteiger partial charge >= 0.3 is 118 Å². The summed E-state index contributed by atoms with van der Waals surface area (Å²) in [4.78, 5) is 0. The summed E-state index contributed by atoms with van der Waals surface area (Å²) in [6.07, 6.45) is 0. The van der Waals surface area contributed by atoms with Crippen molar-refractivity contribution in [2.75, 3.05) is 0 Å². The first-order valence-corrected chi connectivity index (χ1v) is 0. The van der Waals surface area contributed by atoms with E-state index >= 15 is 0 Å². The van der Waals surface area contributed by atoms with E-state index in [0.717, 1.165) is 0 Å². The molecule has 1 atom stereocenters. The summed E-state index contributed by atoms with van der Waals surface area (Å²) >= 11 is 0. The first-order valence-electron chi connectivity index (χ1n) is 0. The van der Waals surface area contributed by atoms with Crippen LogP contribution in [0.4, 0.5) is 0 Å². The zero-order chi connectivity index (χ0) is 0. The molecule has 8 heteroatoms. The fourth-order valence-corrected chi connectivity index (χ4v) is 0. The summed E-state index contributed by atoms with van der Waals surface area (Å²) in [6.45, 7) is 0. The molecule has 0 spiro atoms. The third-order valence-electron chi connectivity index (χ3n) is 0. The summed E-state index contributed by atoms with van der Waals surface area (Å²) in [7, 11) is 0. The van der Waals surface area contributed by atoms with Crippen molar-refractivity contribution < 1.29 is 46.2 Å². The van der Waals surface area contributed by atoms with Gasteiger partial charge in [-0.15, -0.1) is 0 Å². The smallest absolute Gasteiger partial charge is 0 e. The van der Waals surface area contributed by atoms with Gasteiger partial charge in [0.25, 0.3) is 0 Å². The maximum atomic E-state index is 0. The van der Waals surface area contributed by atoms with E-state index in [0.29, 0.717) is 0 Å². The Morgan fingerprint density at radius 2 is 1.12 bits per heavy atom. The van der Waals surface area contributed by atoms with E-state index in [9.17, 15) is 0 Å². The van der Waals surface area contributed by atoms with Crippen LogP contribution in [0.2, 0.25) is 0 Å². The van der Waals surface area contributed by atoms with Crippen LogP contribution in [0.15, 0.2) is 0 Å². The minimum absolute atomic E-state index is 0. The van der Waals surface area contributed by atoms with Crippen molar-refractivity contribution in [3.05, 3.63) is 0 Å². The van der Waals surface area contributed by atoms with Crippen LogP contribution in [0.1, 0.15) is 5.71 Å². The SMILES string of the molecule is P.[B].[Ca+2].[GeH4].[H-].[H-].[H-].[H-].[Mo].[SeH].[Sr+2].[Zn]. The topological polar surface area (TPSA) is 0 Å². The van der Waals surface area contributed by atoms with Crippen molar-refractivity contribution in [2.24, 2.45) is 0 Å². The second kappa shape index (κ2) is 54.0. The van der Waals surface area contributed by atoms with Gasteiger partial charge in [0.1, 0.15) is 0 Å². The second-order valence-corrected chi connectivity index (χ2v) is 0. The molecule has 1 unspecified atom stereocenters. The molecule has 0 nitrogen and oxygen atoms in total. The molecule has 4 radical (unpaired) electrons. The van der Waals surface area contributed by atoms with Crippen LogP contribution in [-0.2, 0) is 40.5 Å². The van der Waals surface area contributed by atoms with E-state index in [1.54, 1.807) is 0 Å². The van der Waals surface area contributed by atoms with Crippen LogP contribution in [0.25, 0.3) is 0 Å². The molecular formula is H12BCaGeMoPSeSrZn. The number of hydrogen-bond acceptors (Lipinski definition) is 0. The zero-order valence-corrected chi connectivity index (χ0v) is 18.2. The molecule has 8 heavy (non-hydrogen) atoms. The summed E-state index contributed by atoms with van der Waals surface area (Å²) < 4.78 is 0. The van der Waals surface area contributed by atoms with Crippen LogP contribution in [0.3, 0.4) is 0 Å². The summed E-state index contributed by atoms with van der Waals surface area (Å²) in [6, 6.07) is 0. The Bertz CT molecular complexity index is 35.0. The minimum Gasteiger partial charge on any atom is 0 e. The largest absolute Gasteiger partial charge is 2.00 e. The average molecular weight is 494 g/mol. The molecule has 0 amide bonds. The van der Waals surface area contributed by atoms with Gasteiger partial charge in [-0.05, 0) is 0 Å². The second-order valence-electron chi connectivity index (χ2n) is 0. The molecule has 0 saturated carbocycles. The molecule has 0 aliphatic rings. The summed E-state index contributed by atoms with van der Waals surface area (Å²) in [5, 5.41) is 0. The maximum absolute atomic E-state index is 0. The van der Waals surface area contributed by atoms with E-state index < -0.39 is 0 Å². The van der Waals surface area contributed by atoms with E-state index in [1.165, 1.54) is 0 Å². The molecule has 0 saturated heterocycles. The van der Waals surface area contributed by atoms with Gasteiger partial charge in [0.2, 0.25) is 0 Å². The van der Waals surface area contributed by atoms with Crippen molar-refractivity contribution >= 4 is 136 Å². The van der Waals surface area contributed by atoms with Gasteiger partial charge in [-0.2, -0.15) is 9.90 Å². The molecule has 0 aromatic rings. The summed E-state index contributed by atoms with van der Waals surface area (Å²) in [5.41, 5.74) is 0. The van der Waals surface area contributed by atoms with Gasteiger partial charge in [-0.3, -0.25) is 0 Å². The molecule has 0 heterocycles. The Balaban J connectivity index is 0. The molecule has 0 aliphatic carbocycles. The molecule has 0 bridgehead atoms. The molecule has 0 aromatic heterocycles. The maximum Gasteiger partial charge on any atom is 2.00 e. The Morgan fingerprint density at radius 3 is 1.12 bits per heavy atom. The van der Waals surface area contributed by atoms with Gasteiger partial charge in [0.05, 0.1) is 0 Å². The minimum atomic E-state index is 0. The fourth-order valence-electron chi connectivity index (χ4n) is 0. The van der Waals surface area contributed by atoms with E-state index in [-0.39, 0.29) is 182 Å². The van der Waals surface area contributed by atoms with E-state index in [1.807, 2.05) is 0 Å². The quantitative estimate of drug-likeness (QED) is 0.254. The molecular weight excluding hydrogens is 482 g/mol. The third kappa shape index (κ3) is 41.5. The molecule has 0 N–H and O–H groups in total. The van der Waals surface area contributed by atoms with Crippen LogP contribution >= 0.6 is 9.90 Å². The van der Waals surface area contributed by atoms with Gasteiger partial charge in [0.15, 0.2) is 0 Å². The van der Waals surface area contributed by atoms with Gasteiger partial charge in [-0.1, -0.05) is 0 Å².